The molecule has 0 rings (SSSR count). The molecular weight excluding hydrogens is 410 g/mol. The lowest BCUT2D eigenvalue weighted by Crippen LogP contribution is -1.89. The van der Waals surface area contributed by atoms with Gasteiger partial charge in [-0.25, -0.2) is 0 Å². The van der Waals surface area contributed by atoms with Crippen LogP contribution in [0.25, 0.3) is 0 Å². The minimum Gasteiger partial charge on any atom is -0.323 e. The van der Waals surface area contributed by atoms with Gasteiger partial charge < -0.3 is 5.32 Å². The van der Waals surface area contributed by atoms with E-state index in [1.807, 2.05) is 14.1 Å². The average Bonchev–Trinajstić information content (AvgIpc) is 2.84. The molecule has 0 saturated carbocycles. The van der Waals surface area contributed by atoms with Gasteiger partial charge >= 0.3 is 0 Å². The summed E-state index contributed by atoms with van der Waals surface area (Å²) in [5.41, 5.74) is 0. The number of allylic oxidation sites excluding steroid dienone is 4. The number of hydrogen-bond acceptors (Lipinski definition) is 1. The number of hydrogen-bond donors (Lipinski definition) is 1. The SMILES string of the molecule is CCCCC/C=C\C/C=C\CCCCCCCCCCCCCCCCCCCCC.CNC. The largest absolute Gasteiger partial charge is 0.323 e. The Morgan fingerprint density at radius 3 is 0.912 bits per heavy atom. The molecule has 0 spiro atoms. The van der Waals surface area contributed by atoms with Gasteiger partial charge in [0.2, 0.25) is 0 Å². The Morgan fingerprint density at radius 1 is 0.353 bits per heavy atom. The summed E-state index contributed by atoms with van der Waals surface area (Å²) in [5, 5.41) is 2.75. The minimum atomic E-state index is 1.13. The van der Waals surface area contributed by atoms with E-state index in [0.29, 0.717) is 0 Å². The monoisotopic (exact) mass is 478 g/mol. The molecule has 0 aliphatic heterocycles. The second kappa shape index (κ2) is 37.0. The van der Waals surface area contributed by atoms with Crippen molar-refractivity contribution < 1.29 is 0 Å². The second-order valence-electron chi connectivity index (χ2n) is 10.3. The van der Waals surface area contributed by atoms with E-state index in [4.69, 9.17) is 0 Å². The number of nitrogens with one attached hydrogen (secondary N) is 1. The van der Waals surface area contributed by atoms with Crippen LogP contribution < -0.4 is 5.32 Å². The molecule has 0 amide bonds. The normalized spacial score (nSPS) is 11.4. The highest BCUT2D eigenvalue weighted by Gasteiger charge is 1.95. The van der Waals surface area contributed by atoms with Crippen molar-refractivity contribution >= 4 is 0 Å². The maximum absolute atomic E-state index is 2.75. The molecule has 0 aromatic rings. The van der Waals surface area contributed by atoms with Crippen molar-refractivity contribution in [2.24, 2.45) is 0 Å². The lowest BCUT2D eigenvalue weighted by Gasteiger charge is -2.03. The fraction of sp³-hybridized carbons (Fsp3) is 0.879. The summed E-state index contributed by atoms with van der Waals surface area (Å²) in [6.07, 6.45) is 44.9. The molecule has 0 saturated heterocycles. The van der Waals surface area contributed by atoms with Crippen molar-refractivity contribution in [2.45, 2.75) is 174 Å². The van der Waals surface area contributed by atoms with Crippen molar-refractivity contribution in [3.05, 3.63) is 24.3 Å². The third kappa shape index (κ3) is 38.7. The van der Waals surface area contributed by atoms with Gasteiger partial charge in [0.05, 0.1) is 0 Å². The van der Waals surface area contributed by atoms with E-state index >= 15 is 0 Å². The first-order chi connectivity index (χ1) is 16.8. The van der Waals surface area contributed by atoms with Gasteiger partial charge in [0.25, 0.3) is 0 Å². The molecule has 34 heavy (non-hydrogen) atoms. The van der Waals surface area contributed by atoms with E-state index in [-0.39, 0.29) is 0 Å². The summed E-state index contributed by atoms with van der Waals surface area (Å²) in [6, 6.07) is 0. The third-order valence-electron chi connectivity index (χ3n) is 6.55. The predicted molar refractivity (Wildman–Crippen MR) is 160 cm³/mol. The van der Waals surface area contributed by atoms with E-state index in [1.54, 1.807) is 0 Å². The Balaban J connectivity index is 0. The van der Waals surface area contributed by atoms with Gasteiger partial charge in [-0.3, -0.25) is 0 Å². The molecule has 0 bridgehead atoms. The maximum Gasteiger partial charge on any atom is -0.0167 e. The first-order valence-electron chi connectivity index (χ1n) is 15.7. The molecule has 1 N–H and O–H groups in total. The molecule has 0 aliphatic carbocycles. The molecule has 204 valence electrons. The van der Waals surface area contributed by atoms with Crippen LogP contribution in [0, 0.1) is 0 Å². The van der Waals surface area contributed by atoms with Crippen LogP contribution in [0.2, 0.25) is 0 Å². The Kier molecular flexibility index (Phi) is 38.7. The molecular formula is C33H67N. The lowest BCUT2D eigenvalue weighted by molar-refractivity contribution is 0.523. The highest BCUT2D eigenvalue weighted by molar-refractivity contribution is 4.92. The predicted octanol–water partition coefficient (Wildman–Crippen LogP) is 11.7. The van der Waals surface area contributed by atoms with E-state index in [9.17, 15) is 0 Å². The van der Waals surface area contributed by atoms with Crippen LogP contribution in [-0.4, -0.2) is 14.1 Å². The molecule has 1 heteroatoms. The zero-order valence-electron chi connectivity index (χ0n) is 24.5. The third-order valence-corrected chi connectivity index (χ3v) is 6.55. The fourth-order valence-electron chi connectivity index (χ4n) is 4.36. The highest BCUT2D eigenvalue weighted by Crippen LogP contribution is 2.15. The van der Waals surface area contributed by atoms with Crippen LogP contribution in [0.15, 0.2) is 24.3 Å². The van der Waals surface area contributed by atoms with Crippen molar-refractivity contribution in [3.8, 4) is 0 Å². The smallest absolute Gasteiger partial charge is 0.0167 e. The molecule has 0 aromatic heterocycles. The Bertz CT molecular complexity index is 371. The number of unbranched alkanes of at least 4 members (excludes halogenated alkanes) is 22. The summed E-state index contributed by atoms with van der Waals surface area (Å²) < 4.78 is 0. The topological polar surface area (TPSA) is 12.0 Å². The molecule has 0 radical (unpaired) electrons. The first kappa shape index (κ1) is 35.6. The zero-order valence-corrected chi connectivity index (χ0v) is 24.5. The Hall–Kier alpha value is -0.560. The molecule has 0 heterocycles. The van der Waals surface area contributed by atoms with Crippen molar-refractivity contribution in [1.82, 2.24) is 5.32 Å². The molecule has 0 atom stereocenters. The summed E-state index contributed by atoms with van der Waals surface area (Å²) in [7, 11) is 3.75. The van der Waals surface area contributed by atoms with Gasteiger partial charge in [0, 0.05) is 0 Å². The summed E-state index contributed by atoms with van der Waals surface area (Å²) in [4.78, 5) is 0. The zero-order chi connectivity index (χ0) is 25.2. The van der Waals surface area contributed by atoms with Crippen LogP contribution >= 0.6 is 0 Å². The van der Waals surface area contributed by atoms with E-state index < -0.39 is 0 Å². The van der Waals surface area contributed by atoms with Crippen LogP contribution in [0.5, 0.6) is 0 Å². The van der Waals surface area contributed by atoms with Gasteiger partial charge in [-0.2, -0.15) is 0 Å². The number of rotatable bonds is 26. The van der Waals surface area contributed by atoms with Crippen molar-refractivity contribution in [2.75, 3.05) is 14.1 Å². The maximum atomic E-state index is 2.75. The lowest BCUT2D eigenvalue weighted by atomic mass is 10.0. The van der Waals surface area contributed by atoms with Gasteiger partial charge in [0.15, 0.2) is 0 Å². The van der Waals surface area contributed by atoms with Crippen LogP contribution in [-0.2, 0) is 0 Å². The molecule has 1 nitrogen and oxygen atoms in total. The van der Waals surface area contributed by atoms with Crippen LogP contribution in [0.1, 0.15) is 174 Å². The molecule has 0 unspecified atom stereocenters. The van der Waals surface area contributed by atoms with Crippen molar-refractivity contribution in [3.63, 3.8) is 0 Å². The average molecular weight is 478 g/mol. The Morgan fingerprint density at radius 2 is 0.588 bits per heavy atom. The van der Waals surface area contributed by atoms with Crippen molar-refractivity contribution in [1.29, 1.82) is 0 Å². The van der Waals surface area contributed by atoms with Gasteiger partial charge in [-0.1, -0.05) is 167 Å². The van der Waals surface area contributed by atoms with Crippen LogP contribution in [0.3, 0.4) is 0 Å². The summed E-state index contributed by atoms with van der Waals surface area (Å²) in [6.45, 7) is 4.57. The first-order valence-corrected chi connectivity index (χ1v) is 15.7. The van der Waals surface area contributed by atoms with Crippen LogP contribution in [0.4, 0.5) is 0 Å². The summed E-state index contributed by atoms with van der Waals surface area (Å²) >= 11 is 0. The van der Waals surface area contributed by atoms with E-state index in [1.165, 1.54) is 154 Å². The van der Waals surface area contributed by atoms with E-state index in [0.717, 1.165) is 6.42 Å². The van der Waals surface area contributed by atoms with Gasteiger partial charge in [-0.15, -0.1) is 0 Å². The molecule has 0 aliphatic rings. The van der Waals surface area contributed by atoms with Gasteiger partial charge in [0.1, 0.15) is 0 Å². The fourth-order valence-corrected chi connectivity index (χ4v) is 4.36. The Labute approximate surface area is 218 Å². The highest BCUT2D eigenvalue weighted by atomic mass is 14.7. The van der Waals surface area contributed by atoms with Gasteiger partial charge in [-0.05, 0) is 46.2 Å². The quantitative estimate of drug-likeness (QED) is 0.0964. The molecule has 0 aromatic carbocycles. The minimum absolute atomic E-state index is 1.13. The standard InChI is InChI=1S/C31H60.C2H7N/c1-3-5-7-9-11-13-15-17-19-21-23-25-27-29-31-30-28-26-24-22-20-18-16-14-12-10-8-6-4-2;1-3-2/h11,13,17,19H,3-10,12,14-16,18,20-31H2,1-2H3;3H,1-2H3/b13-11-,19-17-;. The second-order valence-corrected chi connectivity index (χ2v) is 10.3. The summed E-state index contributed by atoms with van der Waals surface area (Å²) in [5.74, 6) is 0. The molecule has 0 fully saturated rings. The van der Waals surface area contributed by atoms with E-state index in [2.05, 4.69) is 43.5 Å².